The van der Waals surface area contributed by atoms with E-state index in [0.717, 1.165) is 17.7 Å². The van der Waals surface area contributed by atoms with E-state index in [1.807, 2.05) is 12.1 Å². The average Bonchev–Trinajstić information content (AvgIpc) is 2.75. The van der Waals surface area contributed by atoms with Crippen molar-refractivity contribution in [2.24, 2.45) is 0 Å². The lowest BCUT2D eigenvalue weighted by Gasteiger charge is -2.39. The van der Waals surface area contributed by atoms with Gasteiger partial charge in [0.2, 0.25) is 5.91 Å². The van der Waals surface area contributed by atoms with Gasteiger partial charge in [-0.25, -0.2) is 18.5 Å². The van der Waals surface area contributed by atoms with Crippen molar-refractivity contribution < 1.29 is 18.4 Å². The summed E-state index contributed by atoms with van der Waals surface area (Å²) in [7, 11) is 0. The third-order valence-electron chi connectivity index (χ3n) is 5.12. The Kier molecular flexibility index (Phi) is 5.26. The molecule has 0 aromatic heterocycles. The molecule has 1 saturated heterocycles. The Morgan fingerprint density at radius 3 is 2.00 bits per heavy atom. The number of carbonyl (C=O) groups is 2. The molecule has 1 aliphatic rings. The summed E-state index contributed by atoms with van der Waals surface area (Å²) in [5.74, 6) is 2.74. The highest BCUT2D eigenvalue weighted by Gasteiger charge is 2.43. The highest BCUT2D eigenvalue weighted by molar-refractivity contribution is 6.16. The van der Waals surface area contributed by atoms with Crippen molar-refractivity contribution in [3.8, 4) is 11.8 Å². The first-order valence-corrected chi connectivity index (χ1v) is 9.64. The van der Waals surface area contributed by atoms with Crippen molar-refractivity contribution in [3.05, 3.63) is 101 Å². The van der Waals surface area contributed by atoms with Crippen molar-refractivity contribution in [2.75, 3.05) is 4.90 Å². The van der Waals surface area contributed by atoms with Gasteiger partial charge in [0.1, 0.15) is 5.69 Å². The average molecular weight is 416 g/mol. The molecular formula is C25H18F2N2O2. The maximum Gasteiger partial charge on any atom is 0.329 e. The number of urea groups is 1. The van der Waals surface area contributed by atoms with Gasteiger partial charge in [0.25, 0.3) is 0 Å². The standard InChI is InChI=1S/C25H18F2N2O2/c1-25(19-10-6-3-7-11-19)16-22(30)29(24(31)28-25)23-20(26)14-18(15-21(23)27)13-12-17-8-4-2-5-9-17/h2-11,14-15H,16H2,1H3,(H,28,31)/t25-/m0/s1. The predicted octanol–water partition coefficient (Wildman–Crippen LogP) is 4.73. The molecule has 154 valence electrons. The number of imide groups is 1. The summed E-state index contributed by atoms with van der Waals surface area (Å²) < 4.78 is 29.6. The third-order valence-corrected chi connectivity index (χ3v) is 5.12. The molecular weight excluding hydrogens is 398 g/mol. The Morgan fingerprint density at radius 2 is 1.42 bits per heavy atom. The molecule has 1 fully saturated rings. The van der Waals surface area contributed by atoms with Crippen LogP contribution in [0, 0.1) is 23.5 Å². The molecule has 3 aromatic carbocycles. The van der Waals surface area contributed by atoms with Crippen LogP contribution in [-0.4, -0.2) is 11.9 Å². The summed E-state index contributed by atoms with van der Waals surface area (Å²) in [6.07, 6.45) is -0.142. The molecule has 0 bridgehead atoms. The molecule has 1 heterocycles. The van der Waals surface area contributed by atoms with E-state index in [2.05, 4.69) is 17.2 Å². The van der Waals surface area contributed by atoms with Gasteiger partial charge in [0.15, 0.2) is 11.6 Å². The van der Waals surface area contributed by atoms with Gasteiger partial charge >= 0.3 is 6.03 Å². The molecule has 1 aliphatic heterocycles. The van der Waals surface area contributed by atoms with E-state index in [-0.39, 0.29) is 12.0 Å². The number of anilines is 1. The molecule has 6 heteroatoms. The molecule has 4 nitrogen and oxygen atoms in total. The number of rotatable bonds is 2. The number of nitrogens with one attached hydrogen (secondary N) is 1. The van der Waals surface area contributed by atoms with Crippen molar-refractivity contribution in [2.45, 2.75) is 18.9 Å². The smallest absolute Gasteiger partial charge is 0.328 e. The Hall–Kier alpha value is -3.98. The topological polar surface area (TPSA) is 49.4 Å². The van der Waals surface area contributed by atoms with Gasteiger partial charge in [0, 0.05) is 11.1 Å². The molecule has 31 heavy (non-hydrogen) atoms. The largest absolute Gasteiger partial charge is 0.329 e. The van der Waals surface area contributed by atoms with Crippen LogP contribution in [0.1, 0.15) is 30.0 Å². The number of carbonyl (C=O) groups excluding carboxylic acids is 2. The maximum atomic E-state index is 14.8. The quantitative estimate of drug-likeness (QED) is 0.615. The zero-order chi connectivity index (χ0) is 22.0. The molecule has 0 saturated carbocycles. The highest BCUT2D eigenvalue weighted by atomic mass is 19.1. The molecule has 0 spiro atoms. The van der Waals surface area contributed by atoms with Gasteiger partial charge < -0.3 is 5.32 Å². The van der Waals surface area contributed by atoms with Gasteiger partial charge in [-0.1, -0.05) is 60.4 Å². The fourth-order valence-electron chi connectivity index (χ4n) is 3.55. The summed E-state index contributed by atoms with van der Waals surface area (Å²) in [6.45, 7) is 1.70. The molecule has 3 aromatic rings. The predicted molar refractivity (Wildman–Crippen MR) is 113 cm³/mol. The van der Waals surface area contributed by atoms with Gasteiger partial charge in [0.05, 0.1) is 12.0 Å². The van der Waals surface area contributed by atoms with Gasteiger partial charge in [-0.3, -0.25) is 4.79 Å². The fraction of sp³-hybridized carbons (Fsp3) is 0.120. The zero-order valence-corrected chi connectivity index (χ0v) is 16.7. The van der Waals surface area contributed by atoms with E-state index in [4.69, 9.17) is 0 Å². The minimum Gasteiger partial charge on any atom is -0.328 e. The minimum atomic E-state index is -1.04. The number of benzene rings is 3. The summed E-state index contributed by atoms with van der Waals surface area (Å²) in [5, 5.41) is 2.71. The number of hydrogen-bond acceptors (Lipinski definition) is 2. The van der Waals surface area contributed by atoms with E-state index in [1.165, 1.54) is 0 Å². The van der Waals surface area contributed by atoms with Crippen LogP contribution in [-0.2, 0) is 10.3 Å². The van der Waals surface area contributed by atoms with Gasteiger partial charge in [-0.15, -0.1) is 0 Å². The molecule has 0 unspecified atom stereocenters. The number of nitrogens with zero attached hydrogens (tertiary/aromatic N) is 1. The van der Waals surface area contributed by atoms with Crippen LogP contribution in [0.4, 0.5) is 19.3 Å². The SMILES string of the molecule is C[C@@]1(c2ccccc2)CC(=O)N(c2c(F)cc(C#Cc3ccccc3)cc2F)C(=O)N1. The monoisotopic (exact) mass is 416 g/mol. The molecule has 0 aliphatic carbocycles. The van der Waals surface area contributed by atoms with Crippen LogP contribution < -0.4 is 10.2 Å². The maximum absolute atomic E-state index is 14.8. The first-order valence-electron chi connectivity index (χ1n) is 9.64. The van der Waals surface area contributed by atoms with Crippen LogP contribution in [0.3, 0.4) is 0 Å². The van der Waals surface area contributed by atoms with Crippen molar-refractivity contribution >= 4 is 17.6 Å². The summed E-state index contributed by atoms with van der Waals surface area (Å²) >= 11 is 0. The van der Waals surface area contributed by atoms with E-state index < -0.39 is 34.8 Å². The number of amides is 3. The third kappa shape index (κ3) is 4.03. The zero-order valence-electron chi connectivity index (χ0n) is 16.7. The fourth-order valence-corrected chi connectivity index (χ4v) is 3.55. The Labute approximate surface area is 178 Å². The highest BCUT2D eigenvalue weighted by Crippen LogP contribution is 2.33. The normalized spacial score (nSPS) is 18.2. The second-order valence-electron chi connectivity index (χ2n) is 7.44. The number of hydrogen-bond donors (Lipinski definition) is 1. The Balaban J connectivity index is 1.64. The molecule has 4 rings (SSSR count). The molecule has 1 atom stereocenters. The molecule has 3 amide bonds. The van der Waals surface area contributed by atoms with E-state index in [9.17, 15) is 18.4 Å². The lowest BCUT2D eigenvalue weighted by Crippen LogP contribution is -2.59. The van der Waals surface area contributed by atoms with Crippen LogP contribution in [0.2, 0.25) is 0 Å². The van der Waals surface area contributed by atoms with E-state index in [1.54, 1.807) is 55.5 Å². The summed E-state index contributed by atoms with van der Waals surface area (Å²) in [6, 6.07) is 19.1. The van der Waals surface area contributed by atoms with Crippen molar-refractivity contribution in [1.29, 1.82) is 0 Å². The van der Waals surface area contributed by atoms with E-state index in [0.29, 0.717) is 10.5 Å². The van der Waals surface area contributed by atoms with Crippen LogP contribution in [0.5, 0.6) is 0 Å². The van der Waals surface area contributed by atoms with Crippen molar-refractivity contribution in [1.82, 2.24) is 5.32 Å². The Bertz CT molecular complexity index is 1170. The van der Waals surface area contributed by atoms with Gasteiger partial charge in [-0.2, -0.15) is 0 Å². The minimum absolute atomic E-state index is 0.0987. The first kappa shape index (κ1) is 20.3. The molecule has 0 radical (unpaired) electrons. The lowest BCUT2D eigenvalue weighted by atomic mass is 9.86. The van der Waals surface area contributed by atoms with E-state index >= 15 is 0 Å². The Morgan fingerprint density at radius 1 is 0.871 bits per heavy atom. The first-order chi connectivity index (χ1) is 14.9. The lowest BCUT2D eigenvalue weighted by molar-refractivity contribution is -0.120. The summed E-state index contributed by atoms with van der Waals surface area (Å²) in [4.78, 5) is 26.0. The van der Waals surface area contributed by atoms with Crippen LogP contribution in [0.25, 0.3) is 0 Å². The van der Waals surface area contributed by atoms with Gasteiger partial charge in [-0.05, 0) is 36.8 Å². The van der Waals surface area contributed by atoms with Crippen LogP contribution >= 0.6 is 0 Å². The molecule has 1 N–H and O–H groups in total. The second-order valence-corrected chi connectivity index (χ2v) is 7.44. The van der Waals surface area contributed by atoms with Crippen LogP contribution in [0.15, 0.2) is 72.8 Å². The summed E-state index contributed by atoms with van der Waals surface area (Å²) in [5.41, 5.74) is -0.161. The second kappa shape index (κ2) is 8.04. The number of halogens is 2. The van der Waals surface area contributed by atoms with Crippen molar-refractivity contribution in [3.63, 3.8) is 0 Å².